The molecule has 0 spiro atoms. The lowest BCUT2D eigenvalue weighted by molar-refractivity contribution is 0.198. The summed E-state index contributed by atoms with van der Waals surface area (Å²) >= 11 is 1.61. The second-order valence-corrected chi connectivity index (χ2v) is 5.07. The Balaban J connectivity index is 1.85. The number of thiazole rings is 1. The van der Waals surface area contributed by atoms with Crippen molar-refractivity contribution in [3.05, 3.63) is 22.5 Å². The maximum Gasteiger partial charge on any atom is 0.316 e. The fourth-order valence-electron chi connectivity index (χ4n) is 1.65. The summed E-state index contributed by atoms with van der Waals surface area (Å²) in [5.74, 6) is 0.553. The molecule has 20 heavy (non-hydrogen) atoms. The first kappa shape index (κ1) is 14.9. The Morgan fingerprint density at radius 3 is 3.05 bits per heavy atom. The molecule has 1 unspecified atom stereocenters. The van der Waals surface area contributed by atoms with Gasteiger partial charge in [-0.1, -0.05) is 12.0 Å². The average molecular weight is 297 g/mol. The maximum atomic E-state index is 5.53. The molecule has 1 atom stereocenters. The molecule has 0 fully saturated rings. The van der Waals surface area contributed by atoms with Crippen molar-refractivity contribution in [3.8, 4) is 0 Å². The molecule has 0 bridgehead atoms. The van der Waals surface area contributed by atoms with Crippen LogP contribution in [0.2, 0.25) is 0 Å². The molecule has 2 heterocycles. The van der Waals surface area contributed by atoms with Crippen molar-refractivity contribution < 1.29 is 9.15 Å². The van der Waals surface area contributed by atoms with Gasteiger partial charge < -0.3 is 19.8 Å². The second-order valence-electron chi connectivity index (χ2n) is 4.15. The first-order valence-electron chi connectivity index (χ1n) is 6.51. The largest absolute Gasteiger partial charge is 0.407 e. The van der Waals surface area contributed by atoms with E-state index in [1.807, 2.05) is 5.38 Å². The predicted molar refractivity (Wildman–Crippen MR) is 76.6 cm³/mol. The Hall–Kier alpha value is -1.51. The molecule has 2 aromatic heterocycles. The molecule has 110 valence electrons. The summed E-state index contributed by atoms with van der Waals surface area (Å²) in [6.07, 6.45) is 2.70. The van der Waals surface area contributed by atoms with Crippen LogP contribution < -0.4 is 10.6 Å². The molecule has 0 radical (unpaired) electrons. The number of anilines is 1. The van der Waals surface area contributed by atoms with Gasteiger partial charge in [0, 0.05) is 25.2 Å². The van der Waals surface area contributed by atoms with Gasteiger partial charge in [0.15, 0.2) is 0 Å². The average Bonchev–Trinajstić information content (AvgIpc) is 3.12. The molecule has 7 nitrogen and oxygen atoms in total. The van der Waals surface area contributed by atoms with E-state index in [4.69, 9.17) is 9.15 Å². The van der Waals surface area contributed by atoms with Gasteiger partial charge in [-0.05, 0) is 6.42 Å². The SMILES string of the molecule is CCC(Nc1nnc(CNCCOC)o1)c1nccs1. The Morgan fingerprint density at radius 2 is 2.35 bits per heavy atom. The minimum atomic E-state index is 0.102. The summed E-state index contributed by atoms with van der Waals surface area (Å²) in [7, 11) is 1.67. The van der Waals surface area contributed by atoms with Gasteiger partial charge in [-0.2, -0.15) is 0 Å². The van der Waals surface area contributed by atoms with Crippen LogP contribution in [0.4, 0.5) is 6.01 Å². The third-order valence-electron chi connectivity index (χ3n) is 2.68. The standard InChI is InChI=1S/C12H19N5O2S/c1-3-9(11-14-5-7-20-11)15-12-17-16-10(19-12)8-13-4-6-18-2/h5,7,9,13H,3-4,6,8H2,1-2H3,(H,15,17). The van der Waals surface area contributed by atoms with Gasteiger partial charge in [-0.3, -0.25) is 0 Å². The number of hydrogen-bond acceptors (Lipinski definition) is 8. The lowest BCUT2D eigenvalue weighted by Crippen LogP contribution is -2.18. The first-order chi connectivity index (χ1) is 9.83. The molecule has 0 aromatic carbocycles. The maximum absolute atomic E-state index is 5.53. The van der Waals surface area contributed by atoms with Gasteiger partial charge >= 0.3 is 6.01 Å². The number of nitrogens with one attached hydrogen (secondary N) is 2. The Kier molecular flexibility index (Phi) is 5.90. The number of ether oxygens (including phenoxy) is 1. The minimum Gasteiger partial charge on any atom is -0.407 e. The smallest absolute Gasteiger partial charge is 0.316 e. The molecule has 0 aliphatic heterocycles. The third-order valence-corrected chi connectivity index (χ3v) is 3.57. The van der Waals surface area contributed by atoms with Crippen LogP contribution in [0.15, 0.2) is 16.0 Å². The lowest BCUT2D eigenvalue weighted by Gasteiger charge is -2.11. The van der Waals surface area contributed by atoms with E-state index in [1.54, 1.807) is 24.6 Å². The van der Waals surface area contributed by atoms with Crippen LogP contribution in [-0.2, 0) is 11.3 Å². The summed E-state index contributed by atoms with van der Waals surface area (Å²) in [5.41, 5.74) is 0. The topological polar surface area (TPSA) is 85.1 Å². The number of hydrogen-bond donors (Lipinski definition) is 2. The zero-order valence-corrected chi connectivity index (χ0v) is 12.4. The second kappa shape index (κ2) is 7.93. The van der Waals surface area contributed by atoms with E-state index in [2.05, 4.69) is 32.7 Å². The Morgan fingerprint density at radius 1 is 1.45 bits per heavy atom. The predicted octanol–water partition coefficient (Wildman–Crippen LogP) is 1.83. The van der Waals surface area contributed by atoms with Crippen molar-refractivity contribution in [3.63, 3.8) is 0 Å². The van der Waals surface area contributed by atoms with Gasteiger partial charge in [0.25, 0.3) is 0 Å². The highest BCUT2D eigenvalue weighted by Gasteiger charge is 2.15. The molecule has 2 aromatic rings. The molecule has 0 aliphatic carbocycles. The molecule has 0 saturated carbocycles. The van der Waals surface area contributed by atoms with Crippen molar-refractivity contribution in [2.75, 3.05) is 25.6 Å². The zero-order valence-electron chi connectivity index (χ0n) is 11.6. The Bertz CT molecular complexity index is 488. The fraction of sp³-hybridized carbons (Fsp3) is 0.583. The van der Waals surface area contributed by atoms with Crippen LogP contribution in [-0.4, -0.2) is 35.4 Å². The van der Waals surface area contributed by atoms with Crippen LogP contribution in [0, 0.1) is 0 Å². The highest BCUT2D eigenvalue weighted by atomic mass is 32.1. The molecule has 0 aliphatic rings. The molecule has 8 heteroatoms. The van der Waals surface area contributed by atoms with Crippen LogP contribution in [0.3, 0.4) is 0 Å². The summed E-state index contributed by atoms with van der Waals surface area (Å²) in [5, 5.41) is 17.3. The number of methoxy groups -OCH3 is 1. The van der Waals surface area contributed by atoms with E-state index < -0.39 is 0 Å². The summed E-state index contributed by atoms with van der Waals surface area (Å²) < 4.78 is 10.5. The summed E-state index contributed by atoms with van der Waals surface area (Å²) in [4.78, 5) is 4.30. The normalized spacial score (nSPS) is 12.5. The van der Waals surface area contributed by atoms with E-state index in [9.17, 15) is 0 Å². The monoisotopic (exact) mass is 297 g/mol. The Labute approximate surface area is 121 Å². The van der Waals surface area contributed by atoms with Crippen LogP contribution in [0.25, 0.3) is 0 Å². The van der Waals surface area contributed by atoms with Gasteiger partial charge in [-0.25, -0.2) is 4.98 Å². The van der Waals surface area contributed by atoms with Gasteiger partial charge in [0.05, 0.1) is 19.2 Å². The molecule has 2 N–H and O–H groups in total. The fourth-order valence-corrected chi connectivity index (χ4v) is 2.42. The number of nitrogens with zero attached hydrogens (tertiary/aromatic N) is 3. The van der Waals surface area contributed by atoms with E-state index >= 15 is 0 Å². The van der Waals surface area contributed by atoms with Crippen LogP contribution in [0.1, 0.15) is 30.3 Å². The molecule has 0 saturated heterocycles. The molecule has 0 amide bonds. The van der Waals surface area contributed by atoms with E-state index in [1.165, 1.54) is 0 Å². The summed E-state index contributed by atoms with van der Waals surface area (Å²) in [6, 6.07) is 0.528. The third kappa shape index (κ3) is 4.26. The van der Waals surface area contributed by atoms with Crippen LogP contribution in [0.5, 0.6) is 0 Å². The van der Waals surface area contributed by atoms with Crippen molar-refractivity contribution in [2.45, 2.75) is 25.9 Å². The number of rotatable bonds is 9. The first-order valence-corrected chi connectivity index (χ1v) is 7.39. The van der Waals surface area contributed by atoms with Crippen molar-refractivity contribution in [1.29, 1.82) is 0 Å². The van der Waals surface area contributed by atoms with Crippen molar-refractivity contribution >= 4 is 17.4 Å². The van der Waals surface area contributed by atoms with E-state index in [0.29, 0.717) is 25.1 Å². The van der Waals surface area contributed by atoms with Gasteiger partial charge in [-0.15, -0.1) is 16.4 Å². The summed E-state index contributed by atoms with van der Waals surface area (Å²) in [6.45, 7) is 4.02. The van der Waals surface area contributed by atoms with E-state index in [0.717, 1.165) is 18.0 Å². The minimum absolute atomic E-state index is 0.102. The van der Waals surface area contributed by atoms with Crippen LogP contribution >= 0.6 is 11.3 Å². The molecular formula is C12H19N5O2S. The van der Waals surface area contributed by atoms with Crippen molar-refractivity contribution in [2.24, 2.45) is 0 Å². The number of aromatic nitrogens is 3. The zero-order chi connectivity index (χ0) is 14.2. The van der Waals surface area contributed by atoms with Gasteiger partial charge in [0.2, 0.25) is 5.89 Å². The highest BCUT2D eigenvalue weighted by Crippen LogP contribution is 2.23. The lowest BCUT2D eigenvalue weighted by atomic mass is 10.2. The highest BCUT2D eigenvalue weighted by molar-refractivity contribution is 7.09. The van der Waals surface area contributed by atoms with Crippen molar-refractivity contribution in [1.82, 2.24) is 20.5 Å². The molecular weight excluding hydrogens is 278 g/mol. The van der Waals surface area contributed by atoms with E-state index in [-0.39, 0.29) is 6.04 Å². The quantitative estimate of drug-likeness (QED) is 0.683. The molecule has 2 rings (SSSR count). The van der Waals surface area contributed by atoms with Gasteiger partial charge in [0.1, 0.15) is 5.01 Å².